The Bertz CT molecular complexity index is 202. The van der Waals surface area contributed by atoms with Gasteiger partial charge >= 0.3 is 0 Å². The molecule has 0 amide bonds. The molecule has 1 heterocycles. The van der Waals surface area contributed by atoms with Crippen molar-refractivity contribution in [1.29, 1.82) is 0 Å². The zero-order valence-electron chi connectivity index (χ0n) is 9.80. The molecule has 3 heteroatoms. The first-order valence-corrected chi connectivity index (χ1v) is 6.28. The summed E-state index contributed by atoms with van der Waals surface area (Å²) < 4.78 is 5.53. The predicted molar refractivity (Wildman–Crippen MR) is 61.8 cm³/mol. The maximum atomic E-state index is 6.07. The van der Waals surface area contributed by atoms with E-state index in [0.29, 0.717) is 12.0 Å². The third-order valence-corrected chi connectivity index (χ3v) is 3.95. The van der Waals surface area contributed by atoms with E-state index >= 15 is 0 Å². The van der Waals surface area contributed by atoms with E-state index in [1.54, 1.807) is 0 Å². The lowest BCUT2D eigenvalue weighted by molar-refractivity contribution is 0.0267. The lowest BCUT2D eigenvalue weighted by Gasteiger charge is -2.36. The fourth-order valence-electron chi connectivity index (χ4n) is 2.77. The summed E-state index contributed by atoms with van der Waals surface area (Å²) in [6.07, 6.45) is 6.22. The van der Waals surface area contributed by atoms with E-state index in [4.69, 9.17) is 10.5 Å². The predicted octanol–water partition coefficient (Wildman–Crippen LogP) is 1.27. The van der Waals surface area contributed by atoms with E-state index in [1.165, 1.54) is 32.1 Å². The van der Waals surface area contributed by atoms with E-state index in [1.807, 2.05) is 0 Å². The first-order chi connectivity index (χ1) is 7.20. The van der Waals surface area contributed by atoms with Crippen LogP contribution in [0.4, 0.5) is 0 Å². The molecule has 15 heavy (non-hydrogen) atoms. The number of hydrogen-bond acceptors (Lipinski definition) is 3. The second-order valence-electron chi connectivity index (χ2n) is 5.45. The van der Waals surface area contributed by atoms with Crippen molar-refractivity contribution in [3.8, 4) is 0 Å². The molecule has 2 fully saturated rings. The number of ether oxygens (including phenoxy) is 1. The molecule has 0 spiro atoms. The molecule has 0 aromatic heterocycles. The van der Waals surface area contributed by atoms with Crippen molar-refractivity contribution in [2.75, 3.05) is 19.8 Å². The molecule has 3 N–H and O–H groups in total. The molecule has 0 radical (unpaired) electrons. The zero-order valence-corrected chi connectivity index (χ0v) is 9.80. The Hall–Kier alpha value is -0.120. The van der Waals surface area contributed by atoms with Gasteiger partial charge in [0, 0.05) is 24.7 Å². The van der Waals surface area contributed by atoms with Gasteiger partial charge in [0.2, 0.25) is 0 Å². The van der Waals surface area contributed by atoms with Gasteiger partial charge in [0.15, 0.2) is 0 Å². The molecule has 0 aromatic rings. The molecule has 1 saturated carbocycles. The van der Waals surface area contributed by atoms with Crippen LogP contribution in [0.5, 0.6) is 0 Å². The van der Waals surface area contributed by atoms with Gasteiger partial charge in [-0.2, -0.15) is 0 Å². The van der Waals surface area contributed by atoms with Crippen molar-refractivity contribution in [1.82, 2.24) is 5.32 Å². The maximum Gasteiger partial charge on any atom is 0.0645 e. The van der Waals surface area contributed by atoms with Crippen LogP contribution in [0.1, 0.15) is 39.0 Å². The fourth-order valence-corrected chi connectivity index (χ4v) is 2.77. The summed E-state index contributed by atoms with van der Waals surface area (Å²) in [5.74, 6) is 0.684. The number of nitrogens with two attached hydrogens (primary N) is 1. The van der Waals surface area contributed by atoms with E-state index < -0.39 is 0 Å². The van der Waals surface area contributed by atoms with Gasteiger partial charge in [-0.15, -0.1) is 0 Å². The van der Waals surface area contributed by atoms with Gasteiger partial charge < -0.3 is 15.8 Å². The Morgan fingerprint density at radius 3 is 2.87 bits per heavy atom. The van der Waals surface area contributed by atoms with Crippen molar-refractivity contribution in [2.45, 2.75) is 50.6 Å². The minimum atomic E-state index is 0.195. The second kappa shape index (κ2) is 4.81. The first-order valence-electron chi connectivity index (χ1n) is 6.28. The maximum absolute atomic E-state index is 6.07. The van der Waals surface area contributed by atoms with Crippen LogP contribution in [0, 0.1) is 5.92 Å². The smallest absolute Gasteiger partial charge is 0.0645 e. The Morgan fingerprint density at radius 1 is 1.40 bits per heavy atom. The Labute approximate surface area is 92.7 Å². The van der Waals surface area contributed by atoms with Crippen LogP contribution in [0.3, 0.4) is 0 Å². The van der Waals surface area contributed by atoms with Crippen molar-refractivity contribution >= 4 is 0 Å². The van der Waals surface area contributed by atoms with Crippen molar-refractivity contribution in [3.05, 3.63) is 0 Å². The highest BCUT2D eigenvalue weighted by atomic mass is 16.5. The molecule has 1 aliphatic heterocycles. The summed E-state index contributed by atoms with van der Waals surface area (Å²) >= 11 is 0. The van der Waals surface area contributed by atoms with Crippen LogP contribution in [0.25, 0.3) is 0 Å². The van der Waals surface area contributed by atoms with Crippen LogP contribution >= 0.6 is 0 Å². The number of hydrogen-bond donors (Lipinski definition) is 2. The highest BCUT2D eigenvalue weighted by Gasteiger charge is 2.30. The highest BCUT2D eigenvalue weighted by molar-refractivity contribution is 4.89. The van der Waals surface area contributed by atoms with Crippen molar-refractivity contribution in [2.24, 2.45) is 11.7 Å². The lowest BCUT2D eigenvalue weighted by Crippen LogP contribution is -2.51. The van der Waals surface area contributed by atoms with Crippen LogP contribution in [-0.4, -0.2) is 31.3 Å². The Morgan fingerprint density at radius 2 is 2.27 bits per heavy atom. The van der Waals surface area contributed by atoms with E-state index in [9.17, 15) is 0 Å². The summed E-state index contributed by atoms with van der Waals surface area (Å²) in [6, 6.07) is 0.422. The molecule has 3 atom stereocenters. The Kier molecular flexibility index (Phi) is 3.65. The third kappa shape index (κ3) is 2.92. The summed E-state index contributed by atoms with van der Waals surface area (Å²) in [5, 5.41) is 3.67. The summed E-state index contributed by atoms with van der Waals surface area (Å²) in [7, 11) is 0. The topological polar surface area (TPSA) is 47.3 Å². The largest absolute Gasteiger partial charge is 0.380 e. The Balaban J connectivity index is 1.76. The van der Waals surface area contributed by atoms with Crippen molar-refractivity contribution in [3.63, 3.8) is 0 Å². The van der Waals surface area contributed by atoms with Gasteiger partial charge in [0.1, 0.15) is 0 Å². The van der Waals surface area contributed by atoms with E-state index in [2.05, 4.69) is 12.2 Å². The summed E-state index contributed by atoms with van der Waals surface area (Å²) in [4.78, 5) is 0. The molecule has 2 aliphatic rings. The van der Waals surface area contributed by atoms with Crippen molar-refractivity contribution < 1.29 is 4.74 Å². The SMILES string of the molecule is CC1(NCC2CCCC2N)CCCOC1. The molecular weight excluding hydrogens is 188 g/mol. The lowest BCUT2D eigenvalue weighted by atomic mass is 9.93. The van der Waals surface area contributed by atoms with E-state index in [0.717, 1.165) is 19.8 Å². The minimum absolute atomic E-state index is 0.195. The number of rotatable bonds is 3. The second-order valence-corrected chi connectivity index (χ2v) is 5.45. The molecule has 0 bridgehead atoms. The van der Waals surface area contributed by atoms with E-state index in [-0.39, 0.29) is 5.54 Å². The molecule has 1 aliphatic carbocycles. The third-order valence-electron chi connectivity index (χ3n) is 3.95. The molecular formula is C12H24N2O. The summed E-state index contributed by atoms with van der Waals surface area (Å²) in [6.45, 7) is 5.13. The van der Waals surface area contributed by atoms with Gasteiger partial charge in [-0.05, 0) is 38.5 Å². The normalized spacial score (nSPS) is 42.0. The quantitative estimate of drug-likeness (QED) is 0.740. The molecule has 1 saturated heterocycles. The molecule has 3 nitrogen and oxygen atoms in total. The molecule has 3 unspecified atom stereocenters. The molecule has 2 rings (SSSR count). The van der Waals surface area contributed by atoms with Crippen LogP contribution < -0.4 is 11.1 Å². The zero-order chi connectivity index (χ0) is 10.7. The van der Waals surface area contributed by atoms with Gasteiger partial charge in [-0.25, -0.2) is 0 Å². The molecule has 0 aromatic carbocycles. The monoisotopic (exact) mass is 212 g/mol. The van der Waals surface area contributed by atoms with Crippen LogP contribution in [0.15, 0.2) is 0 Å². The average Bonchev–Trinajstić information content (AvgIpc) is 2.62. The standard InChI is InChI=1S/C12H24N2O/c1-12(6-3-7-15-9-12)14-8-10-4-2-5-11(10)13/h10-11,14H,2-9,13H2,1H3. The van der Waals surface area contributed by atoms with Crippen LogP contribution in [0.2, 0.25) is 0 Å². The number of nitrogens with one attached hydrogen (secondary N) is 1. The van der Waals surface area contributed by atoms with Crippen LogP contribution in [-0.2, 0) is 4.74 Å². The van der Waals surface area contributed by atoms with Gasteiger partial charge in [-0.1, -0.05) is 6.42 Å². The van der Waals surface area contributed by atoms with Gasteiger partial charge in [0.25, 0.3) is 0 Å². The first kappa shape index (κ1) is 11.4. The average molecular weight is 212 g/mol. The summed E-state index contributed by atoms with van der Waals surface area (Å²) in [5.41, 5.74) is 6.26. The fraction of sp³-hybridized carbons (Fsp3) is 1.00. The minimum Gasteiger partial charge on any atom is -0.380 e. The van der Waals surface area contributed by atoms with Gasteiger partial charge in [-0.3, -0.25) is 0 Å². The molecule has 88 valence electrons. The highest BCUT2D eigenvalue weighted by Crippen LogP contribution is 2.25. The van der Waals surface area contributed by atoms with Gasteiger partial charge in [0.05, 0.1) is 6.61 Å².